The van der Waals surface area contributed by atoms with E-state index in [1.54, 1.807) is 6.92 Å². The maximum absolute atomic E-state index is 13.9. The third-order valence-electron chi connectivity index (χ3n) is 4.46. The predicted octanol–water partition coefficient (Wildman–Crippen LogP) is 5.08. The number of rotatable bonds is 3. The summed E-state index contributed by atoms with van der Waals surface area (Å²) >= 11 is 0. The summed E-state index contributed by atoms with van der Waals surface area (Å²) in [6, 6.07) is 4.57. The van der Waals surface area contributed by atoms with Gasteiger partial charge in [-0.05, 0) is 43.2 Å². The number of carbonyl (C=O) groups excluding carboxylic acids is 1. The molecule has 0 spiro atoms. The Morgan fingerprint density at radius 1 is 1.11 bits per heavy atom. The fourth-order valence-electron chi connectivity index (χ4n) is 3.15. The highest BCUT2D eigenvalue weighted by atomic mass is 19.4. The summed E-state index contributed by atoms with van der Waals surface area (Å²) in [6.45, 7) is 1.61. The Labute approximate surface area is 156 Å². The SMILES string of the molecule is CC1=NC(C(=O)Nc2cccc(F)c2F)C(c2ccc(C(F)(F)F)c(F)c2)C1. The lowest BCUT2D eigenvalue weighted by Crippen LogP contribution is -2.30. The molecule has 2 aromatic rings. The molecule has 2 aromatic carbocycles. The van der Waals surface area contributed by atoms with Gasteiger partial charge in [0.2, 0.25) is 5.91 Å². The molecule has 0 aliphatic carbocycles. The number of halogens is 6. The van der Waals surface area contributed by atoms with Crippen LogP contribution in [0, 0.1) is 17.5 Å². The van der Waals surface area contributed by atoms with E-state index in [2.05, 4.69) is 10.3 Å². The largest absolute Gasteiger partial charge is 0.419 e. The van der Waals surface area contributed by atoms with Crippen LogP contribution in [0.15, 0.2) is 41.4 Å². The summed E-state index contributed by atoms with van der Waals surface area (Å²) in [5, 5.41) is 2.23. The summed E-state index contributed by atoms with van der Waals surface area (Å²) in [7, 11) is 0. The summed E-state index contributed by atoms with van der Waals surface area (Å²) < 4.78 is 79.2. The van der Waals surface area contributed by atoms with Crippen molar-refractivity contribution >= 4 is 17.3 Å². The normalized spacial score (nSPS) is 19.5. The summed E-state index contributed by atoms with van der Waals surface area (Å²) in [5.74, 6) is -5.35. The molecule has 0 fully saturated rings. The average Bonchev–Trinajstić information content (AvgIpc) is 3.00. The van der Waals surface area contributed by atoms with Gasteiger partial charge >= 0.3 is 6.18 Å². The number of nitrogens with one attached hydrogen (secondary N) is 1. The Hall–Kier alpha value is -2.84. The second-order valence-electron chi connectivity index (χ2n) is 6.45. The molecule has 148 valence electrons. The number of hydrogen-bond acceptors (Lipinski definition) is 2. The zero-order valence-electron chi connectivity index (χ0n) is 14.4. The molecule has 0 bridgehead atoms. The zero-order chi connectivity index (χ0) is 20.6. The number of benzene rings is 2. The minimum atomic E-state index is -4.84. The second-order valence-corrected chi connectivity index (χ2v) is 6.45. The van der Waals surface area contributed by atoms with Crippen molar-refractivity contribution in [2.24, 2.45) is 4.99 Å². The molecule has 1 aliphatic heterocycles. The zero-order valence-corrected chi connectivity index (χ0v) is 14.4. The van der Waals surface area contributed by atoms with Crippen molar-refractivity contribution in [3.63, 3.8) is 0 Å². The van der Waals surface area contributed by atoms with Gasteiger partial charge in [0.05, 0.1) is 11.3 Å². The number of alkyl halides is 3. The highest BCUT2D eigenvalue weighted by Crippen LogP contribution is 2.37. The van der Waals surface area contributed by atoms with E-state index < -0.39 is 47.1 Å². The number of amides is 1. The first-order valence-electron chi connectivity index (χ1n) is 8.22. The first kappa shape index (κ1) is 19.9. The predicted molar refractivity (Wildman–Crippen MR) is 90.6 cm³/mol. The second kappa shape index (κ2) is 7.29. The highest BCUT2D eigenvalue weighted by Gasteiger charge is 2.38. The molecule has 0 saturated carbocycles. The van der Waals surface area contributed by atoms with Crippen LogP contribution in [-0.2, 0) is 11.0 Å². The molecule has 1 amide bonds. The Balaban J connectivity index is 1.87. The van der Waals surface area contributed by atoms with Crippen molar-refractivity contribution in [3.8, 4) is 0 Å². The number of hydrogen-bond donors (Lipinski definition) is 1. The maximum atomic E-state index is 13.9. The fourth-order valence-corrected chi connectivity index (χ4v) is 3.15. The fraction of sp³-hybridized carbons (Fsp3) is 0.263. The van der Waals surface area contributed by atoms with Crippen LogP contribution in [0.5, 0.6) is 0 Å². The maximum Gasteiger partial charge on any atom is 0.419 e. The molecule has 0 radical (unpaired) electrons. The van der Waals surface area contributed by atoms with Gasteiger partial charge in [0.15, 0.2) is 11.6 Å². The Morgan fingerprint density at radius 2 is 1.82 bits per heavy atom. The van der Waals surface area contributed by atoms with Crippen LogP contribution >= 0.6 is 0 Å². The van der Waals surface area contributed by atoms with Gasteiger partial charge in [0.1, 0.15) is 11.9 Å². The molecule has 28 heavy (non-hydrogen) atoms. The number of anilines is 1. The van der Waals surface area contributed by atoms with Gasteiger partial charge in [0, 0.05) is 11.6 Å². The van der Waals surface area contributed by atoms with Gasteiger partial charge in [-0.25, -0.2) is 13.2 Å². The first-order valence-corrected chi connectivity index (χ1v) is 8.22. The van der Waals surface area contributed by atoms with Crippen LogP contribution in [-0.4, -0.2) is 17.7 Å². The minimum Gasteiger partial charge on any atom is -0.322 e. The van der Waals surface area contributed by atoms with Crippen LogP contribution in [0.4, 0.5) is 32.0 Å². The van der Waals surface area contributed by atoms with E-state index in [1.165, 1.54) is 6.07 Å². The van der Waals surface area contributed by atoms with Gasteiger partial charge < -0.3 is 5.32 Å². The van der Waals surface area contributed by atoms with E-state index in [1.807, 2.05) is 0 Å². The third kappa shape index (κ3) is 3.88. The molecule has 0 saturated heterocycles. The molecular weight excluding hydrogens is 386 g/mol. The van der Waals surface area contributed by atoms with Crippen molar-refractivity contribution in [1.29, 1.82) is 0 Å². The number of carbonyl (C=O) groups is 1. The van der Waals surface area contributed by atoms with Gasteiger partial charge in [-0.15, -0.1) is 0 Å². The van der Waals surface area contributed by atoms with Gasteiger partial charge in [0.25, 0.3) is 0 Å². The molecular formula is C19H14F6N2O. The molecule has 2 unspecified atom stereocenters. The van der Waals surface area contributed by atoms with Crippen molar-refractivity contribution in [2.75, 3.05) is 5.32 Å². The molecule has 1 aliphatic rings. The smallest absolute Gasteiger partial charge is 0.322 e. The standard InChI is InChI=1S/C19H14F6N2O/c1-9-7-11(10-5-6-12(14(21)8-10)19(23,24)25)17(26-9)18(28)27-15-4-2-3-13(20)16(15)22/h2-6,8,11,17H,7H2,1H3,(H,27,28). The Morgan fingerprint density at radius 3 is 2.46 bits per heavy atom. The minimum absolute atomic E-state index is 0.158. The van der Waals surface area contributed by atoms with Gasteiger partial charge in [-0.2, -0.15) is 13.2 Å². The van der Waals surface area contributed by atoms with Crippen LogP contribution in [0.1, 0.15) is 30.4 Å². The molecule has 9 heteroatoms. The monoisotopic (exact) mass is 400 g/mol. The summed E-state index contributed by atoms with van der Waals surface area (Å²) in [5.41, 5.74) is -1.10. The lowest BCUT2D eigenvalue weighted by atomic mass is 9.89. The quantitative estimate of drug-likeness (QED) is 0.718. The summed E-state index contributed by atoms with van der Waals surface area (Å²) in [6.07, 6.45) is -4.62. The van der Waals surface area contributed by atoms with Crippen LogP contribution < -0.4 is 5.32 Å². The lowest BCUT2D eigenvalue weighted by molar-refractivity contribution is -0.140. The van der Waals surface area contributed by atoms with Gasteiger partial charge in [-0.1, -0.05) is 12.1 Å². The topological polar surface area (TPSA) is 41.5 Å². The highest BCUT2D eigenvalue weighted by molar-refractivity contribution is 6.00. The molecule has 3 nitrogen and oxygen atoms in total. The van der Waals surface area contributed by atoms with Crippen molar-refractivity contribution in [2.45, 2.75) is 31.5 Å². The van der Waals surface area contributed by atoms with E-state index in [4.69, 9.17) is 0 Å². The van der Waals surface area contributed by atoms with Crippen molar-refractivity contribution < 1.29 is 31.1 Å². The average molecular weight is 400 g/mol. The summed E-state index contributed by atoms with van der Waals surface area (Å²) in [4.78, 5) is 16.7. The van der Waals surface area contributed by atoms with E-state index in [9.17, 15) is 31.1 Å². The van der Waals surface area contributed by atoms with E-state index >= 15 is 0 Å². The number of nitrogens with zero attached hydrogens (tertiary/aromatic N) is 1. The third-order valence-corrected chi connectivity index (χ3v) is 4.46. The van der Waals surface area contributed by atoms with Crippen LogP contribution in [0.2, 0.25) is 0 Å². The molecule has 2 atom stereocenters. The number of aliphatic imine (C=N–C) groups is 1. The van der Waals surface area contributed by atoms with Crippen LogP contribution in [0.25, 0.3) is 0 Å². The Bertz CT molecular complexity index is 954. The molecule has 0 aromatic heterocycles. The first-order chi connectivity index (χ1) is 13.1. The van der Waals surface area contributed by atoms with Crippen molar-refractivity contribution in [3.05, 3.63) is 65.0 Å². The van der Waals surface area contributed by atoms with E-state index in [0.29, 0.717) is 11.8 Å². The molecule has 3 rings (SSSR count). The molecule has 1 N–H and O–H groups in total. The van der Waals surface area contributed by atoms with Gasteiger partial charge in [-0.3, -0.25) is 9.79 Å². The van der Waals surface area contributed by atoms with Crippen molar-refractivity contribution in [1.82, 2.24) is 0 Å². The Kier molecular flexibility index (Phi) is 5.18. The molecule has 1 heterocycles. The van der Waals surface area contributed by atoms with E-state index in [-0.39, 0.29) is 17.7 Å². The van der Waals surface area contributed by atoms with Crippen LogP contribution in [0.3, 0.4) is 0 Å². The lowest BCUT2D eigenvalue weighted by Gasteiger charge is -2.19. The van der Waals surface area contributed by atoms with E-state index in [0.717, 1.165) is 24.3 Å².